The number of aromatic carboxylic acids is 1. The smallest absolute Gasteiger partial charge is 0.354 e. The fourth-order valence-electron chi connectivity index (χ4n) is 1.53. The Morgan fingerprint density at radius 3 is 2.79 bits per heavy atom. The highest BCUT2D eigenvalue weighted by Crippen LogP contribution is 2.15. The zero-order valence-corrected chi connectivity index (χ0v) is 11.3. The highest BCUT2D eigenvalue weighted by Gasteiger charge is 2.19. The average Bonchev–Trinajstić information content (AvgIpc) is 2.87. The molecule has 1 aromatic carbocycles. The average molecular weight is 324 g/mol. The van der Waals surface area contributed by atoms with E-state index in [1.165, 1.54) is 6.33 Å². The standard InChI is InChI=1S/C12H10BrN3O3/c13-8-4-2-1-3-7(8)5-14-11(17)9-10(12(18)19)16-6-15-9/h1-4,6H,5H2,(H,14,17)(H,15,16)(H,18,19). The summed E-state index contributed by atoms with van der Waals surface area (Å²) in [7, 11) is 0. The summed E-state index contributed by atoms with van der Waals surface area (Å²) in [5.74, 6) is -1.75. The minimum Gasteiger partial charge on any atom is -0.477 e. The molecule has 6 nitrogen and oxygen atoms in total. The zero-order chi connectivity index (χ0) is 13.8. The quantitative estimate of drug-likeness (QED) is 0.799. The molecule has 0 spiro atoms. The van der Waals surface area contributed by atoms with Gasteiger partial charge < -0.3 is 15.4 Å². The molecule has 3 N–H and O–H groups in total. The van der Waals surface area contributed by atoms with Crippen molar-refractivity contribution in [1.82, 2.24) is 15.3 Å². The van der Waals surface area contributed by atoms with Crippen LogP contribution in [0.3, 0.4) is 0 Å². The topological polar surface area (TPSA) is 95.1 Å². The number of carbonyl (C=O) groups is 2. The molecule has 7 heteroatoms. The number of carbonyl (C=O) groups excluding carboxylic acids is 1. The molecule has 0 bridgehead atoms. The number of aromatic amines is 1. The number of halogens is 1. The van der Waals surface area contributed by atoms with Crippen LogP contribution < -0.4 is 5.32 Å². The van der Waals surface area contributed by atoms with Crippen LogP contribution in [0.5, 0.6) is 0 Å². The molecule has 0 aliphatic rings. The van der Waals surface area contributed by atoms with Gasteiger partial charge in [0, 0.05) is 11.0 Å². The third kappa shape index (κ3) is 3.00. The van der Waals surface area contributed by atoms with E-state index in [0.717, 1.165) is 10.0 Å². The Morgan fingerprint density at radius 2 is 2.11 bits per heavy atom. The molecule has 1 amide bonds. The SMILES string of the molecule is O=C(NCc1ccccc1Br)c1nc[nH]c1C(=O)O. The van der Waals surface area contributed by atoms with Gasteiger partial charge in [-0.2, -0.15) is 0 Å². The molecular weight excluding hydrogens is 314 g/mol. The summed E-state index contributed by atoms with van der Waals surface area (Å²) >= 11 is 3.37. The molecule has 0 saturated heterocycles. The van der Waals surface area contributed by atoms with Gasteiger partial charge in [-0.15, -0.1) is 0 Å². The molecule has 0 aliphatic heterocycles. The summed E-state index contributed by atoms with van der Waals surface area (Å²) in [4.78, 5) is 28.8. The van der Waals surface area contributed by atoms with Gasteiger partial charge in [0.25, 0.3) is 5.91 Å². The van der Waals surface area contributed by atoms with E-state index < -0.39 is 11.9 Å². The predicted octanol–water partition coefficient (Wildman–Crippen LogP) is 1.80. The van der Waals surface area contributed by atoms with Gasteiger partial charge in [-0.05, 0) is 11.6 Å². The van der Waals surface area contributed by atoms with E-state index in [4.69, 9.17) is 5.11 Å². The van der Waals surface area contributed by atoms with Crippen LogP contribution in [0, 0.1) is 0 Å². The molecule has 2 rings (SSSR count). The van der Waals surface area contributed by atoms with E-state index in [0.29, 0.717) is 0 Å². The number of H-pyrrole nitrogens is 1. The number of hydrogen-bond acceptors (Lipinski definition) is 3. The number of imidazole rings is 1. The molecular formula is C12H10BrN3O3. The lowest BCUT2D eigenvalue weighted by atomic mass is 10.2. The lowest BCUT2D eigenvalue weighted by Gasteiger charge is -2.06. The second-order valence-electron chi connectivity index (χ2n) is 3.71. The van der Waals surface area contributed by atoms with Crippen molar-refractivity contribution < 1.29 is 14.7 Å². The Balaban J connectivity index is 2.08. The summed E-state index contributed by atoms with van der Waals surface area (Å²) in [6.45, 7) is 0.284. The van der Waals surface area contributed by atoms with Crippen LogP contribution in [0.1, 0.15) is 26.5 Å². The maximum Gasteiger partial charge on any atom is 0.354 e. The molecule has 0 aliphatic carbocycles. The van der Waals surface area contributed by atoms with Gasteiger partial charge in [0.1, 0.15) is 0 Å². The fraction of sp³-hybridized carbons (Fsp3) is 0.0833. The van der Waals surface area contributed by atoms with Crippen molar-refractivity contribution in [3.63, 3.8) is 0 Å². The number of aromatic nitrogens is 2. The molecule has 1 heterocycles. The molecule has 2 aromatic rings. The molecule has 1 aromatic heterocycles. The third-order valence-electron chi connectivity index (χ3n) is 2.47. The lowest BCUT2D eigenvalue weighted by molar-refractivity contribution is 0.0685. The number of nitrogens with one attached hydrogen (secondary N) is 2. The van der Waals surface area contributed by atoms with Crippen LogP contribution in [0.2, 0.25) is 0 Å². The Hall–Kier alpha value is -2.15. The van der Waals surface area contributed by atoms with E-state index in [1.807, 2.05) is 24.3 Å². The molecule has 98 valence electrons. The van der Waals surface area contributed by atoms with Crippen LogP contribution in [-0.2, 0) is 6.54 Å². The van der Waals surface area contributed by atoms with Crippen LogP contribution in [0.25, 0.3) is 0 Å². The molecule has 0 radical (unpaired) electrons. The number of nitrogens with zero attached hydrogens (tertiary/aromatic N) is 1. The molecule has 0 fully saturated rings. The third-order valence-corrected chi connectivity index (χ3v) is 3.24. The van der Waals surface area contributed by atoms with Gasteiger partial charge in [0.2, 0.25) is 0 Å². The van der Waals surface area contributed by atoms with Crippen molar-refractivity contribution in [2.45, 2.75) is 6.54 Å². The lowest BCUT2D eigenvalue weighted by Crippen LogP contribution is -2.25. The van der Waals surface area contributed by atoms with Gasteiger partial charge >= 0.3 is 5.97 Å². The van der Waals surface area contributed by atoms with Crippen LogP contribution >= 0.6 is 15.9 Å². The summed E-state index contributed by atoms with van der Waals surface area (Å²) in [6.07, 6.45) is 1.18. The van der Waals surface area contributed by atoms with Gasteiger partial charge in [-0.25, -0.2) is 9.78 Å². The second-order valence-corrected chi connectivity index (χ2v) is 4.56. The fourth-order valence-corrected chi connectivity index (χ4v) is 1.96. The van der Waals surface area contributed by atoms with Crippen molar-refractivity contribution >= 4 is 27.8 Å². The zero-order valence-electron chi connectivity index (χ0n) is 9.68. The highest BCUT2D eigenvalue weighted by molar-refractivity contribution is 9.10. The second kappa shape index (κ2) is 5.66. The van der Waals surface area contributed by atoms with Crippen LogP contribution in [0.4, 0.5) is 0 Å². The van der Waals surface area contributed by atoms with Crippen molar-refractivity contribution in [3.05, 3.63) is 52.0 Å². The first kappa shape index (κ1) is 13.3. The number of rotatable bonds is 4. The monoisotopic (exact) mass is 323 g/mol. The largest absolute Gasteiger partial charge is 0.477 e. The number of amides is 1. The van der Waals surface area contributed by atoms with Gasteiger partial charge in [-0.3, -0.25) is 4.79 Å². The summed E-state index contributed by atoms with van der Waals surface area (Å²) in [6, 6.07) is 7.43. The van der Waals surface area contributed by atoms with E-state index in [1.54, 1.807) is 0 Å². The normalized spacial score (nSPS) is 10.2. The van der Waals surface area contributed by atoms with Gasteiger partial charge in [0.05, 0.1) is 6.33 Å². The number of hydrogen-bond donors (Lipinski definition) is 3. The first-order chi connectivity index (χ1) is 9.09. The van der Waals surface area contributed by atoms with E-state index in [9.17, 15) is 9.59 Å². The Labute approximate surface area is 117 Å². The summed E-state index contributed by atoms with van der Waals surface area (Å²) < 4.78 is 0.871. The Kier molecular flexibility index (Phi) is 3.96. The van der Waals surface area contributed by atoms with Crippen molar-refractivity contribution in [1.29, 1.82) is 0 Å². The van der Waals surface area contributed by atoms with Gasteiger partial charge in [-0.1, -0.05) is 34.1 Å². The number of benzene rings is 1. The first-order valence-corrected chi connectivity index (χ1v) is 6.17. The van der Waals surface area contributed by atoms with Crippen molar-refractivity contribution in [3.8, 4) is 0 Å². The molecule has 0 unspecified atom stereocenters. The van der Waals surface area contributed by atoms with E-state index in [-0.39, 0.29) is 17.9 Å². The Morgan fingerprint density at radius 1 is 1.37 bits per heavy atom. The predicted molar refractivity (Wildman–Crippen MR) is 70.9 cm³/mol. The first-order valence-electron chi connectivity index (χ1n) is 5.38. The minimum atomic E-state index is -1.22. The molecule has 0 atom stereocenters. The van der Waals surface area contributed by atoms with Gasteiger partial charge in [0.15, 0.2) is 11.4 Å². The van der Waals surface area contributed by atoms with Crippen molar-refractivity contribution in [2.75, 3.05) is 0 Å². The number of carboxylic acid groups (broad SMARTS) is 1. The Bertz CT molecular complexity index is 624. The number of carboxylic acids is 1. The summed E-state index contributed by atoms with van der Waals surface area (Å²) in [5, 5.41) is 11.5. The molecule has 19 heavy (non-hydrogen) atoms. The van der Waals surface area contributed by atoms with Crippen molar-refractivity contribution in [2.24, 2.45) is 0 Å². The van der Waals surface area contributed by atoms with Crippen LogP contribution in [0.15, 0.2) is 35.1 Å². The summed E-state index contributed by atoms with van der Waals surface area (Å²) in [5.41, 5.74) is 0.549. The van der Waals surface area contributed by atoms with Crippen LogP contribution in [-0.4, -0.2) is 27.0 Å². The van der Waals surface area contributed by atoms with E-state index in [2.05, 4.69) is 31.2 Å². The highest BCUT2D eigenvalue weighted by atomic mass is 79.9. The van der Waals surface area contributed by atoms with E-state index >= 15 is 0 Å². The maximum absolute atomic E-state index is 11.8. The minimum absolute atomic E-state index is 0.125. The molecule has 0 saturated carbocycles. The maximum atomic E-state index is 11.8.